The number of benzene rings is 2. The summed E-state index contributed by atoms with van der Waals surface area (Å²) in [5, 5.41) is 13.0. The van der Waals surface area contributed by atoms with Crippen LogP contribution in [0.4, 0.5) is 4.79 Å². The number of aliphatic carboxylic acids is 1. The number of allylic oxidation sites excluding steroid dienone is 1. The molecule has 0 radical (unpaired) electrons. The number of ether oxygens (including phenoxy) is 1. The largest absolute Gasteiger partial charge is 0.479 e. The van der Waals surface area contributed by atoms with Gasteiger partial charge in [0.2, 0.25) is 5.54 Å². The number of nitrogens with one attached hydrogen (secondary N) is 1. The van der Waals surface area contributed by atoms with Gasteiger partial charge in [-0.3, -0.25) is 10.1 Å². The van der Waals surface area contributed by atoms with Crippen LogP contribution in [0.2, 0.25) is 0 Å². The molecule has 2 bridgehead atoms. The summed E-state index contributed by atoms with van der Waals surface area (Å²) in [7, 11) is 0. The number of amides is 2. The number of hydrogen-bond acceptors (Lipinski definition) is 5. The zero-order valence-electron chi connectivity index (χ0n) is 24.5. The Balaban J connectivity index is 1.71. The van der Waals surface area contributed by atoms with E-state index in [0.717, 1.165) is 41.7 Å². The summed E-state index contributed by atoms with van der Waals surface area (Å²) in [5.41, 5.74) is 0.412. The Morgan fingerprint density at radius 1 is 1.00 bits per heavy atom. The standard InChI is InChI=1S/C33H42N2O5S/c1-24-22-32(27-18-16-26(17-19-27)25-14-10-9-11-15-25)23-35(24)28(36)33(29(37)38,34-30(39)40-31(2,3)4)20-12-7-5-6-8-13-21-41-32/h8-11,13-19,24H,5-7,12,20-23H2,1-4H3,(H,34,39)(H,37,38)/t24-,32-,33-/m0/s1. The van der Waals surface area contributed by atoms with Gasteiger partial charge in [-0.1, -0.05) is 73.2 Å². The SMILES string of the molecule is C[C@H]1C[C@@]2(c3ccc(-c4ccccc4)cc3)CN1C(=O)[C@](NC(=O)OC(C)(C)C)(C(=O)O)CCCCCC=CCS2. The first kappa shape index (κ1) is 30.7. The summed E-state index contributed by atoms with van der Waals surface area (Å²) in [6.45, 7) is 7.44. The number of rotatable bonds is 4. The van der Waals surface area contributed by atoms with Crippen LogP contribution in [-0.4, -0.2) is 57.5 Å². The maximum Gasteiger partial charge on any atom is 0.408 e. The third-order valence-electron chi connectivity index (χ3n) is 7.85. The quantitative estimate of drug-likeness (QED) is 0.307. The van der Waals surface area contributed by atoms with Crippen LogP contribution >= 0.6 is 11.8 Å². The molecule has 2 N–H and O–H groups in total. The summed E-state index contributed by atoms with van der Waals surface area (Å²) in [5.74, 6) is -1.15. The van der Waals surface area contributed by atoms with Gasteiger partial charge in [-0.05, 0) is 76.5 Å². The van der Waals surface area contributed by atoms with Crippen LogP contribution in [0.5, 0.6) is 0 Å². The molecule has 4 rings (SSSR count). The summed E-state index contributed by atoms with van der Waals surface area (Å²) in [4.78, 5) is 41.8. The predicted octanol–water partition coefficient (Wildman–Crippen LogP) is 6.77. The topological polar surface area (TPSA) is 95.9 Å². The van der Waals surface area contributed by atoms with Crippen LogP contribution in [0.3, 0.4) is 0 Å². The van der Waals surface area contributed by atoms with Crippen molar-refractivity contribution in [3.05, 3.63) is 72.3 Å². The molecule has 1 saturated heterocycles. The van der Waals surface area contributed by atoms with Crippen molar-refractivity contribution in [2.24, 2.45) is 0 Å². The predicted molar refractivity (Wildman–Crippen MR) is 164 cm³/mol. The smallest absolute Gasteiger partial charge is 0.408 e. The fourth-order valence-corrected chi connectivity index (χ4v) is 7.21. The third kappa shape index (κ3) is 7.15. The minimum Gasteiger partial charge on any atom is -0.479 e. The Hall–Kier alpha value is -3.26. The van der Waals surface area contributed by atoms with E-state index < -0.39 is 33.9 Å². The molecule has 41 heavy (non-hydrogen) atoms. The maximum absolute atomic E-state index is 14.3. The van der Waals surface area contributed by atoms with Crippen LogP contribution in [-0.2, 0) is 19.1 Å². The number of carboxylic acid groups (broad SMARTS) is 1. The average molecular weight is 579 g/mol. The van der Waals surface area contributed by atoms with E-state index in [2.05, 4.69) is 53.9 Å². The van der Waals surface area contributed by atoms with E-state index in [1.54, 1.807) is 37.4 Å². The maximum atomic E-state index is 14.3. The Bertz CT molecular complexity index is 1260. The zero-order valence-corrected chi connectivity index (χ0v) is 25.3. The molecule has 220 valence electrons. The molecule has 2 heterocycles. The number of carboxylic acids is 1. The lowest BCUT2D eigenvalue weighted by molar-refractivity contribution is -0.156. The minimum atomic E-state index is -2.10. The third-order valence-corrected chi connectivity index (χ3v) is 9.29. The van der Waals surface area contributed by atoms with Crippen LogP contribution in [0.1, 0.15) is 71.8 Å². The number of nitrogens with zero attached hydrogens (tertiary/aromatic N) is 1. The number of alkyl carbamates (subject to hydrolysis) is 1. The van der Waals surface area contributed by atoms with E-state index in [1.807, 2.05) is 25.1 Å². The van der Waals surface area contributed by atoms with Crippen LogP contribution in [0.25, 0.3) is 11.1 Å². The van der Waals surface area contributed by atoms with Gasteiger partial charge in [0.25, 0.3) is 5.91 Å². The lowest BCUT2D eigenvalue weighted by Crippen LogP contribution is -2.65. The molecule has 2 aromatic carbocycles. The van der Waals surface area contributed by atoms with Crippen LogP contribution in [0.15, 0.2) is 66.7 Å². The monoisotopic (exact) mass is 578 g/mol. The first-order valence-corrected chi connectivity index (χ1v) is 15.4. The van der Waals surface area contributed by atoms with Gasteiger partial charge in [-0.15, -0.1) is 11.8 Å². The van der Waals surface area contributed by atoms with E-state index >= 15 is 0 Å². The van der Waals surface area contributed by atoms with Crippen molar-refractivity contribution in [3.63, 3.8) is 0 Å². The van der Waals surface area contributed by atoms with Crippen molar-refractivity contribution in [3.8, 4) is 11.1 Å². The molecule has 1 fully saturated rings. The van der Waals surface area contributed by atoms with Gasteiger partial charge in [-0.2, -0.15) is 0 Å². The van der Waals surface area contributed by atoms with Gasteiger partial charge >= 0.3 is 12.1 Å². The molecule has 3 atom stereocenters. The van der Waals surface area contributed by atoms with Gasteiger partial charge in [0.05, 0.1) is 4.75 Å². The Kier molecular flexibility index (Phi) is 9.52. The zero-order chi connectivity index (χ0) is 29.7. The molecule has 2 aliphatic heterocycles. The highest BCUT2D eigenvalue weighted by molar-refractivity contribution is 8.00. The normalized spacial score (nSPS) is 25.8. The van der Waals surface area contributed by atoms with Crippen molar-refractivity contribution in [1.29, 1.82) is 0 Å². The summed E-state index contributed by atoms with van der Waals surface area (Å²) in [6, 6.07) is 18.5. The fourth-order valence-electron chi connectivity index (χ4n) is 5.77. The highest BCUT2D eigenvalue weighted by atomic mass is 32.2. The molecular formula is C33H42N2O5S. The lowest BCUT2D eigenvalue weighted by Gasteiger charge is -2.36. The molecule has 8 heteroatoms. The van der Waals surface area contributed by atoms with Gasteiger partial charge in [0.1, 0.15) is 5.60 Å². The first-order valence-electron chi connectivity index (χ1n) is 14.5. The average Bonchev–Trinajstić information content (AvgIpc) is 3.27. The summed E-state index contributed by atoms with van der Waals surface area (Å²) < 4.78 is 5.00. The van der Waals surface area contributed by atoms with Crippen molar-refractivity contribution in [2.45, 2.75) is 88.1 Å². The molecule has 2 aromatic rings. The lowest BCUT2D eigenvalue weighted by atomic mass is 9.89. The van der Waals surface area contributed by atoms with E-state index in [4.69, 9.17) is 4.74 Å². The molecule has 0 spiro atoms. The van der Waals surface area contributed by atoms with E-state index in [9.17, 15) is 19.5 Å². The summed E-state index contributed by atoms with van der Waals surface area (Å²) >= 11 is 1.79. The van der Waals surface area contributed by atoms with E-state index in [0.29, 0.717) is 19.4 Å². The van der Waals surface area contributed by atoms with E-state index in [1.165, 1.54) is 0 Å². The number of hydrogen-bond donors (Lipinski definition) is 2. The highest BCUT2D eigenvalue weighted by Gasteiger charge is 2.55. The molecule has 0 unspecified atom stereocenters. The van der Waals surface area contributed by atoms with E-state index in [-0.39, 0.29) is 12.5 Å². The number of carbonyl (C=O) groups is 3. The van der Waals surface area contributed by atoms with Crippen molar-refractivity contribution in [2.75, 3.05) is 12.3 Å². The second kappa shape index (κ2) is 12.7. The molecule has 0 aromatic heterocycles. The molecule has 2 aliphatic rings. The van der Waals surface area contributed by atoms with Gasteiger partial charge in [0, 0.05) is 18.3 Å². The first-order chi connectivity index (χ1) is 19.5. The van der Waals surface area contributed by atoms with Gasteiger partial charge in [-0.25, -0.2) is 9.59 Å². The molecule has 7 nitrogen and oxygen atoms in total. The van der Waals surface area contributed by atoms with Crippen molar-refractivity contribution < 1.29 is 24.2 Å². The fraction of sp³-hybridized carbons (Fsp3) is 0.485. The Morgan fingerprint density at radius 2 is 1.68 bits per heavy atom. The number of fused-ring (bicyclic) bond motifs is 2. The Morgan fingerprint density at radius 3 is 2.34 bits per heavy atom. The number of carbonyl (C=O) groups excluding carboxylic acids is 2. The molecule has 0 aliphatic carbocycles. The second-order valence-electron chi connectivity index (χ2n) is 12.1. The van der Waals surface area contributed by atoms with Crippen molar-refractivity contribution in [1.82, 2.24) is 10.2 Å². The molecule has 2 amide bonds. The molecule has 0 saturated carbocycles. The second-order valence-corrected chi connectivity index (χ2v) is 13.5. The van der Waals surface area contributed by atoms with Crippen LogP contribution in [0, 0.1) is 0 Å². The van der Waals surface area contributed by atoms with Crippen molar-refractivity contribution >= 4 is 29.7 Å². The van der Waals surface area contributed by atoms with Gasteiger partial charge < -0.3 is 14.7 Å². The van der Waals surface area contributed by atoms with Crippen LogP contribution < -0.4 is 5.32 Å². The minimum absolute atomic E-state index is 0.000735. The summed E-state index contributed by atoms with van der Waals surface area (Å²) in [6.07, 6.45) is 7.17. The highest BCUT2D eigenvalue weighted by Crippen LogP contribution is 2.48. The van der Waals surface area contributed by atoms with Gasteiger partial charge in [0.15, 0.2) is 0 Å². The molecular weight excluding hydrogens is 536 g/mol. The number of thioether (sulfide) groups is 1. The Labute approximate surface area is 247 Å².